The number of hydrogen-bond donors (Lipinski definition) is 1. The van der Waals surface area contributed by atoms with E-state index >= 15 is 0 Å². The Bertz CT molecular complexity index is 1480. The van der Waals surface area contributed by atoms with E-state index in [2.05, 4.69) is 15.5 Å². The van der Waals surface area contributed by atoms with Crippen molar-refractivity contribution in [3.05, 3.63) is 77.9 Å². The van der Waals surface area contributed by atoms with Gasteiger partial charge in [0, 0.05) is 38.3 Å². The molecule has 0 aliphatic heterocycles. The van der Waals surface area contributed by atoms with Crippen molar-refractivity contribution in [1.29, 1.82) is 5.26 Å². The minimum Gasteiger partial charge on any atom is -0.422 e. The topological polar surface area (TPSA) is 129 Å². The van der Waals surface area contributed by atoms with Crippen LogP contribution >= 0.6 is 0 Å². The Morgan fingerprint density at radius 3 is 2.50 bits per heavy atom. The molecule has 0 unspecified atom stereocenters. The third-order valence-corrected chi connectivity index (χ3v) is 6.71. The van der Waals surface area contributed by atoms with E-state index in [0.717, 1.165) is 9.99 Å². The molecule has 4 aromatic rings. The van der Waals surface area contributed by atoms with Crippen molar-refractivity contribution in [2.24, 2.45) is 5.10 Å². The highest BCUT2D eigenvalue weighted by atomic mass is 32.2. The number of aryl methyl sites for hydroxylation is 1. The van der Waals surface area contributed by atoms with E-state index < -0.39 is 10.0 Å². The highest BCUT2D eigenvalue weighted by molar-refractivity contribution is 7.89. The number of oxazole rings is 1. The smallest absolute Gasteiger partial charge is 0.252 e. The lowest BCUT2D eigenvalue weighted by atomic mass is 10.1. The number of hydrogen-bond acceptors (Lipinski definition) is 8. The Balaban J connectivity index is 1.71. The summed E-state index contributed by atoms with van der Waals surface area (Å²) in [5, 5.41) is 18.0. The van der Waals surface area contributed by atoms with Gasteiger partial charge in [0.25, 0.3) is 5.88 Å². The number of aromatic nitrogens is 3. The molecule has 4 rings (SSSR count). The minimum atomic E-state index is -3.54. The van der Waals surface area contributed by atoms with Gasteiger partial charge in [0.1, 0.15) is 11.8 Å². The molecule has 0 aliphatic carbocycles. The van der Waals surface area contributed by atoms with Crippen molar-refractivity contribution < 1.29 is 12.8 Å². The first-order valence-electron chi connectivity index (χ1n) is 10.1. The molecule has 0 aliphatic rings. The van der Waals surface area contributed by atoms with E-state index in [4.69, 9.17) is 14.8 Å². The van der Waals surface area contributed by atoms with Crippen LogP contribution in [-0.2, 0) is 10.0 Å². The van der Waals surface area contributed by atoms with E-state index in [9.17, 15) is 8.42 Å². The van der Waals surface area contributed by atoms with Gasteiger partial charge in [0.15, 0.2) is 5.89 Å². The van der Waals surface area contributed by atoms with Crippen LogP contribution in [0.4, 0.5) is 5.88 Å². The summed E-state index contributed by atoms with van der Waals surface area (Å²) in [7, 11) is -0.572. The number of nitrogens with one attached hydrogen (secondary N) is 1. The maximum Gasteiger partial charge on any atom is 0.252 e. The first kappa shape index (κ1) is 22.9. The van der Waals surface area contributed by atoms with Gasteiger partial charge in [-0.3, -0.25) is 0 Å². The molecule has 0 bridgehead atoms. The van der Waals surface area contributed by atoms with E-state index in [-0.39, 0.29) is 16.5 Å². The van der Waals surface area contributed by atoms with Gasteiger partial charge in [0.05, 0.1) is 16.8 Å². The molecule has 11 heteroatoms. The number of nitriles is 1. The lowest BCUT2D eigenvalue weighted by molar-refractivity contribution is 0.520. The summed E-state index contributed by atoms with van der Waals surface area (Å²) in [6.07, 6.45) is 3.35. The van der Waals surface area contributed by atoms with Crippen molar-refractivity contribution >= 4 is 22.1 Å². The summed E-state index contributed by atoms with van der Waals surface area (Å²) in [6, 6.07) is 18.0. The van der Waals surface area contributed by atoms with Crippen LogP contribution in [0.25, 0.3) is 16.9 Å². The fraction of sp³-hybridized carbons (Fsp3) is 0.130. The van der Waals surface area contributed by atoms with Crippen molar-refractivity contribution in [3.8, 4) is 23.0 Å². The SMILES string of the molecule is Cc1nc(C#N)c(N/N=C/c2cn(-c3ccccc3)nc2-c2ccc(S(=O)(=O)N(C)C)cc2)o1. The molecule has 34 heavy (non-hydrogen) atoms. The summed E-state index contributed by atoms with van der Waals surface area (Å²) in [5.41, 5.74) is 5.62. The highest BCUT2D eigenvalue weighted by Gasteiger charge is 2.18. The van der Waals surface area contributed by atoms with Crippen molar-refractivity contribution in [3.63, 3.8) is 0 Å². The molecule has 2 aromatic heterocycles. The molecule has 0 fully saturated rings. The van der Waals surface area contributed by atoms with E-state index in [1.165, 1.54) is 14.1 Å². The monoisotopic (exact) mass is 475 g/mol. The summed E-state index contributed by atoms with van der Waals surface area (Å²) in [4.78, 5) is 4.16. The Morgan fingerprint density at radius 2 is 1.85 bits per heavy atom. The van der Waals surface area contributed by atoms with Gasteiger partial charge >= 0.3 is 0 Å². The standard InChI is InChI=1S/C23H21N7O3S/c1-16-26-21(13-24)23(33-16)27-25-14-18-15-30(19-7-5-4-6-8-19)28-22(18)17-9-11-20(12-10-17)34(31,32)29(2)3/h4-12,14-15,27H,1-3H3/b25-14+. The summed E-state index contributed by atoms with van der Waals surface area (Å²) in [5.74, 6) is 0.492. The van der Waals surface area contributed by atoms with Gasteiger partial charge in [-0.05, 0) is 24.3 Å². The number of benzene rings is 2. The zero-order chi connectivity index (χ0) is 24.3. The van der Waals surface area contributed by atoms with Gasteiger partial charge in [-0.15, -0.1) is 0 Å². The molecule has 2 heterocycles. The predicted octanol–water partition coefficient (Wildman–Crippen LogP) is 3.40. The zero-order valence-corrected chi connectivity index (χ0v) is 19.5. The molecule has 0 radical (unpaired) electrons. The quantitative estimate of drug-likeness (QED) is 0.320. The maximum atomic E-state index is 12.4. The Labute approximate surface area is 196 Å². The van der Waals surface area contributed by atoms with E-state index in [1.54, 1.807) is 48.3 Å². The van der Waals surface area contributed by atoms with Crippen LogP contribution in [-0.4, -0.2) is 47.8 Å². The lowest BCUT2D eigenvalue weighted by Gasteiger charge is -2.11. The number of para-hydroxylation sites is 1. The third-order valence-electron chi connectivity index (χ3n) is 4.88. The average Bonchev–Trinajstić information content (AvgIpc) is 3.43. The van der Waals surface area contributed by atoms with Gasteiger partial charge in [-0.25, -0.2) is 27.8 Å². The van der Waals surface area contributed by atoms with Crippen molar-refractivity contribution in [1.82, 2.24) is 19.1 Å². The fourth-order valence-corrected chi connectivity index (χ4v) is 4.06. The molecule has 1 N–H and O–H groups in total. The van der Waals surface area contributed by atoms with Crippen LogP contribution in [0.3, 0.4) is 0 Å². The van der Waals surface area contributed by atoms with Gasteiger partial charge in [0.2, 0.25) is 15.7 Å². The van der Waals surface area contributed by atoms with Crippen LogP contribution in [0.2, 0.25) is 0 Å². The molecular formula is C23H21N7O3S. The first-order valence-corrected chi connectivity index (χ1v) is 11.6. The second-order valence-corrected chi connectivity index (χ2v) is 9.57. The number of hydrazone groups is 1. The normalized spacial score (nSPS) is 11.7. The molecule has 172 valence electrons. The maximum absolute atomic E-state index is 12.4. The molecule has 0 spiro atoms. The zero-order valence-electron chi connectivity index (χ0n) is 18.7. The fourth-order valence-electron chi connectivity index (χ4n) is 3.15. The molecular weight excluding hydrogens is 454 g/mol. The lowest BCUT2D eigenvalue weighted by Crippen LogP contribution is -2.22. The van der Waals surface area contributed by atoms with Crippen LogP contribution in [0.15, 0.2) is 75.2 Å². The molecule has 0 saturated carbocycles. The Hall–Kier alpha value is -4.27. The summed E-state index contributed by atoms with van der Waals surface area (Å²) >= 11 is 0. The molecule has 0 atom stereocenters. The number of sulfonamides is 1. The number of rotatable bonds is 7. The predicted molar refractivity (Wildman–Crippen MR) is 127 cm³/mol. The van der Waals surface area contributed by atoms with Gasteiger partial charge < -0.3 is 4.42 Å². The largest absolute Gasteiger partial charge is 0.422 e. The van der Waals surface area contributed by atoms with Crippen LogP contribution < -0.4 is 5.43 Å². The van der Waals surface area contributed by atoms with Gasteiger partial charge in [-0.1, -0.05) is 30.3 Å². The van der Waals surface area contributed by atoms with Crippen molar-refractivity contribution in [2.45, 2.75) is 11.8 Å². The van der Waals surface area contributed by atoms with Gasteiger partial charge in [-0.2, -0.15) is 15.5 Å². The number of nitrogens with zero attached hydrogens (tertiary/aromatic N) is 6. The van der Waals surface area contributed by atoms with Crippen molar-refractivity contribution in [2.75, 3.05) is 19.5 Å². The second kappa shape index (κ2) is 9.30. The molecule has 0 amide bonds. The Kier molecular flexibility index (Phi) is 6.27. The van der Waals surface area contributed by atoms with Crippen LogP contribution in [0, 0.1) is 18.3 Å². The van der Waals surface area contributed by atoms with Crippen LogP contribution in [0.1, 0.15) is 17.1 Å². The molecule has 2 aromatic carbocycles. The minimum absolute atomic E-state index is 0.104. The van der Waals surface area contributed by atoms with E-state index in [0.29, 0.717) is 22.7 Å². The molecule has 10 nitrogen and oxygen atoms in total. The summed E-state index contributed by atoms with van der Waals surface area (Å²) < 4.78 is 33.0. The average molecular weight is 476 g/mol. The summed E-state index contributed by atoms with van der Waals surface area (Å²) in [6.45, 7) is 1.64. The second-order valence-electron chi connectivity index (χ2n) is 7.42. The molecule has 0 saturated heterocycles. The first-order chi connectivity index (χ1) is 16.3. The number of anilines is 1. The third kappa shape index (κ3) is 4.59. The highest BCUT2D eigenvalue weighted by Crippen LogP contribution is 2.25. The van der Waals surface area contributed by atoms with Crippen LogP contribution in [0.5, 0.6) is 0 Å². The van der Waals surface area contributed by atoms with E-state index in [1.807, 2.05) is 36.4 Å². The Morgan fingerprint density at radius 1 is 1.15 bits per heavy atom.